The molecular formula is C36H44N2O5. The lowest BCUT2D eigenvalue weighted by Crippen LogP contribution is -2.07. The summed E-state index contributed by atoms with van der Waals surface area (Å²) in [5, 5.41) is 0. The molecule has 43 heavy (non-hydrogen) atoms. The summed E-state index contributed by atoms with van der Waals surface area (Å²) in [5.41, 5.74) is 15.0. The summed E-state index contributed by atoms with van der Waals surface area (Å²) in [7, 11) is 0. The molecule has 4 N–H and O–H groups in total. The third kappa shape index (κ3) is 11.2. The van der Waals surface area contributed by atoms with Crippen LogP contribution < -0.4 is 20.9 Å². The molecule has 0 bridgehead atoms. The van der Waals surface area contributed by atoms with Crippen molar-refractivity contribution in [3.63, 3.8) is 0 Å². The van der Waals surface area contributed by atoms with Crippen LogP contribution in [0.4, 0.5) is 11.4 Å². The van der Waals surface area contributed by atoms with E-state index < -0.39 is 11.9 Å². The Morgan fingerprint density at radius 3 is 2.00 bits per heavy atom. The Kier molecular flexibility index (Phi) is 12.5. The number of carbonyl (C=O) groups excluding carboxylic acids is 2. The minimum Gasteiger partial charge on any atom is -0.494 e. The number of nitrogens with two attached hydrogens (primary N) is 2. The molecular weight excluding hydrogens is 540 g/mol. The summed E-state index contributed by atoms with van der Waals surface area (Å²) in [6, 6.07) is 20.4. The molecule has 0 spiro atoms. The van der Waals surface area contributed by atoms with Gasteiger partial charge >= 0.3 is 11.9 Å². The number of rotatable bonds is 15. The average Bonchev–Trinajstić information content (AvgIpc) is 3.01. The summed E-state index contributed by atoms with van der Waals surface area (Å²) < 4.78 is 16.6. The van der Waals surface area contributed by atoms with E-state index >= 15 is 0 Å². The van der Waals surface area contributed by atoms with E-state index in [0.29, 0.717) is 41.8 Å². The van der Waals surface area contributed by atoms with Crippen LogP contribution in [-0.4, -0.2) is 25.2 Å². The minimum atomic E-state index is -0.395. The number of anilines is 2. The highest BCUT2D eigenvalue weighted by Gasteiger charge is 2.15. The molecule has 4 rings (SSSR count). The first-order valence-electron chi connectivity index (χ1n) is 15.5. The van der Waals surface area contributed by atoms with Gasteiger partial charge in [-0.05, 0) is 91.3 Å². The molecule has 0 radical (unpaired) electrons. The molecule has 0 unspecified atom stereocenters. The molecule has 0 atom stereocenters. The van der Waals surface area contributed by atoms with E-state index in [4.69, 9.17) is 25.7 Å². The summed E-state index contributed by atoms with van der Waals surface area (Å²) >= 11 is 0. The number of carbonyl (C=O) groups is 2. The third-order valence-corrected chi connectivity index (χ3v) is 7.72. The Labute approximate surface area is 255 Å². The van der Waals surface area contributed by atoms with Crippen molar-refractivity contribution < 1.29 is 23.8 Å². The summed E-state index contributed by atoms with van der Waals surface area (Å²) in [4.78, 5) is 24.4. The maximum atomic E-state index is 12.3. The molecule has 1 aliphatic carbocycles. The lowest BCUT2D eigenvalue weighted by molar-refractivity contribution is -0.128. The van der Waals surface area contributed by atoms with Gasteiger partial charge in [-0.15, -0.1) is 0 Å². The van der Waals surface area contributed by atoms with Crippen LogP contribution in [0.3, 0.4) is 0 Å². The topological polar surface area (TPSA) is 114 Å². The van der Waals surface area contributed by atoms with Gasteiger partial charge in [0.15, 0.2) is 0 Å². The second kappa shape index (κ2) is 17.0. The number of hydrogen-bond donors (Lipinski definition) is 2. The molecule has 1 aliphatic rings. The molecule has 3 aromatic carbocycles. The Hall–Kier alpha value is -4.26. The van der Waals surface area contributed by atoms with E-state index in [2.05, 4.69) is 12.1 Å². The Morgan fingerprint density at radius 2 is 1.33 bits per heavy atom. The van der Waals surface area contributed by atoms with Crippen LogP contribution in [0.1, 0.15) is 98.0 Å². The molecule has 1 fully saturated rings. The molecule has 0 aromatic heterocycles. The van der Waals surface area contributed by atoms with E-state index in [9.17, 15) is 9.59 Å². The monoisotopic (exact) mass is 584 g/mol. The van der Waals surface area contributed by atoms with Crippen molar-refractivity contribution >= 4 is 29.4 Å². The fourth-order valence-corrected chi connectivity index (χ4v) is 5.38. The van der Waals surface area contributed by atoms with Crippen molar-refractivity contribution in [2.24, 2.45) is 0 Å². The predicted octanol–water partition coefficient (Wildman–Crippen LogP) is 8.09. The standard InChI is InChI=1S/C36H44N2O5/c37-31-24-30(25-32(38)26-31)36(40)42-23-9-4-2-1-3-8-22-41-33-17-12-27(13-18-33)14-21-35(39)43-34-19-15-29(16-20-34)28-10-6-5-7-11-28/h12-21,24-26,28H,1-11,22-23,37-38H2. The zero-order chi connectivity index (χ0) is 30.3. The van der Waals surface area contributed by atoms with E-state index in [1.165, 1.54) is 43.7 Å². The van der Waals surface area contributed by atoms with Crippen molar-refractivity contribution in [2.45, 2.75) is 76.5 Å². The fourth-order valence-electron chi connectivity index (χ4n) is 5.38. The molecule has 7 heteroatoms. The number of benzene rings is 3. The van der Waals surface area contributed by atoms with Crippen LogP contribution >= 0.6 is 0 Å². The highest BCUT2D eigenvalue weighted by atomic mass is 16.5. The maximum Gasteiger partial charge on any atom is 0.338 e. The maximum absolute atomic E-state index is 12.3. The molecule has 3 aromatic rings. The second-order valence-corrected chi connectivity index (χ2v) is 11.2. The number of nitrogen functional groups attached to an aromatic ring is 2. The van der Waals surface area contributed by atoms with Gasteiger partial charge in [-0.1, -0.05) is 69.2 Å². The largest absolute Gasteiger partial charge is 0.494 e. The van der Waals surface area contributed by atoms with Gasteiger partial charge in [-0.2, -0.15) is 0 Å². The fraction of sp³-hybridized carbons (Fsp3) is 0.389. The number of esters is 2. The zero-order valence-electron chi connectivity index (χ0n) is 25.0. The first-order chi connectivity index (χ1) is 21.0. The van der Waals surface area contributed by atoms with Crippen LogP contribution in [0.5, 0.6) is 11.5 Å². The highest BCUT2D eigenvalue weighted by molar-refractivity contribution is 5.91. The van der Waals surface area contributed by atoms with Crippen LogP contribution in [0.25, 0.3) is 6.08 Å². The van der Waals surface area contributed by atoms with Gasteiger partial charge in [-0.25, -0.2) is 9.59 Å². The Balaban J connectivity index is 1.03. The van der Waals surface area contributed by atoms with Gasteiger partial charge in [0.1, 0.15) is 11.5 Å². The lowest BCUT2D eigenvalue weighted by Gasteiger charge is -2.21. The highest BCUT2D eigenvalue weighted by Crippen LogP contribution is 2.33. The number of ether oxygens (including phenoxy) is 3. The van der Waals surface area contributed by atoms with Gasteiger partial charge in [-0.3, -0.25) is 0 Å². The van der Waals surface area contributed by atoms with Crippen molar-refractivity contribution in [2.75, 3.05) is 24.7 Å². The van der Waals surface area contributed by atoms with Crippen molar-refractivity contribution in [1.29, 1.82) is 0 Å². The average molecular weight is 585 g/mol. The molecule has 0 aliphatic heterocycles. The normalized spacial score (nSPS) is 13.6. The first kappa shape index (κ1) is 31.7. The molecule has 0 saturated heterocycles. The van der Waals surface area contributed by atoms with Crippen LogP contribution in [-0.2, 0) is 9.53 Å². The Bertz CT molecular complexity index is 1310. The predicted molar refractivity (Wildman–Crippen MR) is 172 cm³/mol. The SMILES string of the molecule is Nc1cc(N)cc(C(=O)OCCCCCCCCOc2ccc(C=CC(=O)Oc3ccc(C4CCCCC4)cc3)cc2)c1. The van der Waals surface area contributed by atoms with Crippen LogP contribution in [0.2, 0.25) is 0 Å². The van der Waals surface area contributed by atoms with Crippen molar-refractivity contribution in [3.8, 4) is 11.5 Å². The van der Waals surface area contributed by atoms with Crippen molar-refractivity contribution in [3.05, 3.63) is 89.5 Å². The second-order valence-electron chi connectivity index (χ2n) is 11.2. The van der Waals surface area contributed by atoms with Crippen LogP contribution in [0, 0.1) is 0 Å². The summed E-state index contributed by atoms with van der Waals surface area (Å²) in [5.74, 6) is 1.22. The Morgan fingerprint density at radius 1 is 0.721 bits per heavy atom. The molecule has 228 valence electrons. The van der Waals surface area contributed by atoms with Gasteiger partial charge in [0.25, 0.3) is 0 Å². The molecule has 7 nitrogen and oxygen atoms in total. The van der Waals surface area contributed by atoms with Gasteiger partial charge in [0, 0.05) is 17.5 Å². The third-order valence-electron chi connectivity index (χ3n) is 7.72. The quantitative estimate of drug-likeness (QED) is 0.0610. The zero-order valence-corrected chi connectivity index (χ0v) is 25.0. The van der Waals surface area contributed by atoms with Gasteiger partial charge in [0.2, 0.25) is 0 Å². The van der Waals surface area contributed by atoms with E-state index in [-0.39, 0.29) is 0 Å². The van der Waals surface area contributed by atoms with Crippen molar-refractivity contribution in [1.82, 2.24) is 0 Å². The summed E-state index contributed by atoms with van der Waals surface area (Å²) in [6.07, 6.45) is 15.7. The van der Waals surface area contributed by atoms with Gasteiger partial charge in [0.05, 0.1) is 18.8 Å². The molecule has 0 amide bonds. The number of unbranched alkanes of at least 4 members (excludes halogenated alkanes) is 5. The van der Waals surface area contributed by atoms with Gasteiger partial charge < -0.3 is 25.7 Å². The van der Waals surface area contributed by atoms with Crippen LogP contribution in [0.15, 0.2) is 72.8 Å². The molecule has 0 heterocycles. The van der Waals surface area contributed by atoms with E-state index in [1.807, 2.05) is 36.4 Å². The summed E-state index contributed by atoms with van der Waals surface area (Å²) in [6.45, 7) is 1.04. The molecule has 1 saturated carbocycles. The first-order valence-corrected chi connectivity index (χ1v) is 15.5. The minimum absolute atomic E-state index is 0.384. The lowest BCUT2D eigenvalue weighted by atomic mass is 9.84. The smallest absolute Gasteiger partial charge is 0.338 e. The number of hydrogen-bond acceptors (Lipinski definition) is 7. The van der Waals surface area contributed by atoms with E-state index in [0.717, 1.165) is 49.8 Å². The van der Waals surface area contributed by atoms with E-state index in [1.54, 1.807) is 24.3 Å².